The van der Waals surface area contributed by atoms with Crippen LogP contribution in [0.5, 0.6) is 0 Å². The van der Waals surface area contributed by atoms with Crippen LogP contribution < -0.4 is 5.32 Å². The van der Waals surface area contributed by atoms with Gasteiger partial charge in [-0.25, -0.2) is 13.2 Å². The van der Waals surface area contributed by atoms with E-state index in [2.05, 4.69) is 5.32 Å². The van der Waals surface area contributed by atoms with Crippen molar-refractivity contribution in [3.63, 3.8) is 0 Å². The quantitative estimate of drug-likeness (QED) is 0.870. The van der Waals surface area contributed by atoms with Gasteiger partial charge in [0.1, 0.15) is 5.82 Å². The predicted molar refractivity (Wildman–Crippen MR) is 73.0 cm³/mol. The first kappa shape index (κ1) is 15.8. The van der Waals surface area contributed by atoms with Gasteiger partial charge >= 0.3 is 0 Å². The lowest BCUT2D eigenvalue weighted by atomic mass is 9.88. The Labute approximate surface area is 122 Å². The number of likely N-dealkylation sites (tertiary alicyclic amines) is 1. The molecular formula is C15H19F3N2O. The van der Waals surface area contributed by atoms with E-state index in [1.165, 1.54) is 0 Å². The van der Waals surface area contributed by atoms with Gasteiger partial charge in [0.15, 0.2) is 11.6 Å². The van der Waals surface area contributed by atoms with Crippen LogP contribution >= 0.6 is 0 Å². The fraction of sp³-hybridized carbons (Fsp3) is 0.533. The second-order valence-electron chi connectivity index (χ2n) is 5.70. The van der Waals surface area contributed by atoms with Gasteiger partial charge in [0, 0.05) is 18.2 Å². The third-order valence-corrected chi connectivity index (χ3v) is 4.25. The average molecular weight is 300 g/mol. The Morgan fingerprint density at radius 1 is 1.33 bits per heavy atom. The summed E-state index contributed by atoms with van der Waals surface area (Å²) >= 11 is 0. The zero-order valence-electron chi connectivity index (χ0n) is 12.2. The average Bonchev–Trinajstić information content (AvgIpc) is 2.44. The van der Waals surface area contributed by atoms with Crippen molar-refractivity contribution in [1.82, 2.24) is 10.2 Å². The molecule has 0 aliphatic carbocycles. The van der Waals surface area contributed by atoms with Gasteiger partial charge in [0.2, 0.25) is 5.91 Å². The summed E-state index contributed by atoms with van der Waals surface area (Å²) in [6, 6.07) is 1.38. The fourth-order valence-electron chi connectivity index (χ4n) is 2.65. The van der Waals surface area contributed by atoms with E-state index in [0.29, 0.717) is 12.5 Å². The molecule has 0 saturated carbocycles. The van der Waals surface area contributed by atoms with Gasteiger partial charge in [-0.1, -0.05) is 0 Å². The number of amides is 1. The smallest absolute Gasteiger partial charge is 0.240 e. The molecular weight excluding hydrogens is 281 g/mol. The minimum atomic E-state index is -1.25. The summed E-state index contributed by atoms with van der Waals surface area (Å²) in [6.07, 6.45) is 2.68. The van der Waals surface area contributed by atoms with Crippen LogP contribution in [0.15, 0.2) is 12.1 Å². The molecule has 2 rings (SSSR count). The number of nitrogens with zero attached hydrogens (tertiary/aromatic N) is 1. The first-order valence-electron chi connectivity index (χ1n) is 6.97. The number of halogens is 3. The number of carbonyl (C=O) groups is 1. The monoisotopic (exact) mass is 300 g/mol. The van der Waals surface area contributed by atoms with Gasteiger partial charge in [-0.2, -0.15) is 0 Å². The van der Waals surface area contributed by atoms with E-state index < -0.39 is 23.0 Å². The van der Waals surface area contributed by atoms with Crippen LogP contribution in [0.2, 0.25) is 0 Å². The summed E-state index contributed by atoms with van der Waals surface area (Å²) in [7, 11) is 1.86. The summed E-state index contributed by atoms with van der Waals surface area (Å²) in [5.41, 5.74) is -0.858. The number of nitrogens with one attached hydrogen (secondary N) is 1. The van der Waals surface area contributed by atoms with Gasteiger partial charge in [-0.05, 0) is 45.8 Å². The van der Waals surface area contributed by atoms with Crippen LogP contribution in [0, 0.1) is 17.5 Å². The van der Waals surface area contributed by atoms with E-state index in [4.69, 9.17) is 0 Å². The molecule has 0 bridgehead atoms. The van der Waals surface area contributed by atoms with Crippen LogP contribution in [0.1, 0.15) is 31.7 Å². The minimum absolute atomic E-state index is 0.192. The zero-order chi connectivity index (χ0) is 15.6. The molecule has 1 aliphatic rings. The lowest BCUT2D eigenvalue weighted by Crippen LogP contribution is -2.57. The molecule has 21 heavy (non-hydrogen) atoms. The highest BCUT2D eigenvalue weighted by Crippen LogP contribution is 2.26. The van der Waals surface area contributed by atoms with Crippen molar-refractivity contribution in [1.29, 1.82) is 0 Å². The van der Waals surface area contributed by atoms with Crippen molar-refractivity contribution >= 4 is 5.91 Å². The zero-order valence-corrected chi connectivity index (χ0v) is 12.2. The van der Waals surface area contributed by atoms with Gasteiger partial charge in [0.25, 0.3) is 0 Å². The molecule has 0 spiro atoms. The largest absolute Gasteiger partial charge is 0.350 e. The van der Waals surface area contributed by atoms with E-state index in [1.54, 1.807) is 0 Å². The number of piperidine rings is 1. The molecule has 6 heteroatoms. The number of carbonyl (C=O) groups excluding carboxylic acids is 1. The Morgan fingerprint density at radius 2 is 2.05 bits per heavy atom. The number of hydrogen-bond acceptors (Lipinski definition) is 2. The molecule has 1 atom stereocenters. The molecule has 1 unspecified atom stereocenters. The van der Waals surface area contributed by atoms with Crippen LogP contribution in [0.3, 0.4) is 0 Å². The molecule has 0 radical (unpaired) electrons. The van der Waals surface area contributed by atoms with Crippen molar-refractivity contribution in [2.75, 3.05) is 13.6 Å². The Morgan fingerprint density at radius 3 is 2.71 bits per heavy atom. The lowest BCUT2D eigenvalue weighted by molar-refractivity contribution is -0.134. The molecule has 3 nitrogen and oxygen atoms in total. The van der Waals surface area contributed by atoms with E-state index in [0.717, 1.165) is 25.5 Å². The number of hydrogen-bond donors (Lipinski definition) is 1. The second kappa shape index (κ2) is 6.05. The van der Waals surface area contributed by atoms with Crippen LogP contribution in [0.25, 0.3) is 0 Å². The number of likely N-dealkylation sites (N-methyl/N-ethyl adjacent to an activating group) is 1. The first-order chi connectivity index (χ1) is 9.84. The molecule has 1 aromatic rings. The molecule has 1 aliphatic heterocycles. The SMILES string of the molecule is CN1CCCCC1(C)C(=O)NCc1cc(F)cc(F)c1F. The summed E-state index contributed by atoms with van der Waals surface area (Å²) < 4.78 is 39.8. The topological polar surface area (TPSA) is 32.3 Å². The van der Waals surface area contributed by atoms with Crippen molar-refractivity contribution in [3.8, 4) is 0 Å². The molecule has 0 aromatic heterocycles. The molecule has 1 amide bonds. The third kappa shape index (κ3) is 3.20. The summed E-state index contributed by atoms with van der Waals surface area (Å²) in [5, 5.41) is 2.58. The molecule has 1 aromatic carbocycles. The fourth-order valence-corrected chi connectivity index (χ4v) is 2.65. The van der Waals surface area contributed by atoms with E-state index in [1.807, 2.05) is 18.9 Å². The predicted octanol–water partition coefficient (Wildman–Crippen LogP) is 2.59. The highest BCUT2D eigenvalue weighted by molar-refractivity contribution is 5.85. The van der Waals surface area contributed by atoms with Crippen molar-refractivity contribution < 1.29 is 18.0 Å². The number of rotatable bonds is 3. The summed E-state index contributed by atoms with van der Waals surface area (Å²) in [5.74, 6) is -3.49. The molecule has 1 heterocycles. The van der Waals surface area contributed by atoms with Crippen LogP contribution in [-0.2, 0) is 11.3 Å². The van der Waals surface area contributed by atoms with E-state index in [9.17, 15) is 18.0 Å². The van der Waals surface area contributed by atoms with Crippen LogP contribution in [0.4, 0.5) is 13.2 Å². The first-order valence-corrected chi connectivity index (χ1v) is 6.97. The highest BCUT2D eigenvalue weighted by Gasteiger charge is 2.38. The Balaban J connectivity index is 2.08. The lowest BCUT2D eigenvalue weighted by Gasteiger charge is -2.41. The normalized spacial score (nSPS) is 23.1. The third-order valence-electron chi connectivity index (χ3n) is 4.25. The molecule has 1 N–H and O–H groups in total. The van der Waals surface area contributed by atoms with Gasteiger partial charge < -0.3 is 5.32 Å². The van der Waals surface area contributed by atoms with Crippen LogP contribution in [-0.4, -0.2) is 29.9 Å². The summed E-state index contributed by atoms with van der Waals surface area (Å²) in [4.78, 5) is 14.3. The minimum Gasteiger partial charge on any atom is -0.350 e. The van der Waals surface area contributed by atoms with Gasteiger partial charge in [-0.15, -0.1) is 0 Å². The Bertz CT molecular complexity index is 550. The van der Waals surface area contributed by atoms with Gasteiger partial charge in [-0.3, -0.25) is 9.69 Å². The second-order valence-corrected chi connectivity index (χ2v) is 5.70. The van der Waals surface area contributed by atoms with E-state index in [-0.39, 0.29) is 18.0 Å². The maximum absolute atomic E-state index is 13.5. The molecule has 1 saturated heterocycles. The Kier molecular flexibility index (Phi) is 4.56. The van der Waals surface area contributed by atoms with Gasteiger partial charge in [0.05, 0.1) is 5.54 Å². The number of benzene rings is 1. The highest BCUT2D eigenvalue weighted by atomic mass is 19.2. The maximum Gasteiger partial charge on any atom is 0.240 e. The van der Waals surface area contributed by atoms with Crippen molar-refractivity contribution in [2.24, 2.45) is 0 Å². The van der Waals surface area contributed by atoms with Crippen molar-refractivity contribution in [2.45, 2.75) is 38.3 Å². The Hall–Kier alpha value is -1.56. The van der Waals surface area contributed by atoms with E-state index >= 15 is 0 Å². The standard InChI is InChI=1S/C15H19F3N2O/c1-15(5-3-4-6-20(15)2)14(21)19-9-10-7-11(16)8-12(17)13(10)18/h7-8H,3-6,9H2,1-2H3,(H,19,21). The molecule has 116 valence electrons. The summed E-state index contributed by atoms with van der Waals surface area (Å²) in [6.45, 7) is 2.40. The van der Waals surface area contributed by atoms with Crippen molar-refractivity contribution in [3.05, 3.63) is 35.1 Å². The maximum atomic E-state index is 13.5. The molecule has 1 fully saturated rings.